The number of halogens is 2. The molecule has 2 aromatic heterocycles. The van der Waals surface area contributed by atoms with E-state index in [0.29, 0.717) is 13.0 Å². The van der Waals surface area contributed by atoms with Gasteiger partial charge >= 0.3 is 0 Å². The third-order valence-electron chi connectivity index (χ3n) is 4.85. The maximum Gasteiger partial charge on any atom is 0.280 e. The molecule has 2 aliphatic rings. The second-order valence-corrected chi connectivity index (χ2v) is 7.81. The molecular weight excluding hydrogens is 316 g/mol. The van der Waals surface area contributed by atoms with Crippen LogP contribution in [0.15, 0.2) is 17.6 Å². The van der Waals surface area contributed by atoms with Gasteiger partial charge in [-0.25, -0.2) is 8.78 Å². The number of alkyl halides is 2. The first-order chi connectivity index (χ1) is 11.0. The summed E-state index contributed by atoms with van der Waals surface area (Å²) >= 11 is 1.62. The van der Waals surface area contributed by atoms with Gasteiger partial charge in [-0.05, 0) is 55.7 Å². The molecule has 1 saturated heterocycles. The lowest BCUT2D eigenvalue weighted by molar-refractivity contribution is -0.0672. The Kier molecular flexibility index (Phi) is 3.76. The fourth-order valence-electron chi connectivity index (χ4n) is 3.35. The van der Waals surface area contributed by atoms with Crippen LogP contribution in [0.4, 0.5) is 14.5 Å². The van der Waals surface area contributed by atoms with Gasteiger partial charge in [-0.2, -0.15) is 0 Å². The first kappa shape index (κ1) is 15.3. The van der Waals surface area contributed by atoms with E-state index in [2.05, 4.69) is 15.7 Å². The number of thiophene rings is 1. The molecule has 0 amide bonds. The molecule has 0 aromatic carbocycles. The number of hydrogen-bond donors (Lipinski definition) is 1. The number of nitrogens with zero attached hydrogens (tertiary/aromatic N) is 2. The summed E-state index contributed by atoms with van der Waals surface area (Å²) in [5.41, 5.74) is 3.06. The summed E-state index contributed by atoms with van der Waals surface area (Å²) in [6.07, 6.45) is 5.86. The number of aromatic nitrogens is 1. The van der Waals surface area contributed by atoms with Crippen molar-refractivity contribution >= 4 is 27.2 Å². The minimum absolute atomic E-state index is 0.184. The first-order valence-electron chi connectivity index (χ1n) is 8.21. The summed E-state index contributed by atoms with van der Waals surface area (Å²) < 4.78 is 29.6. The molecule has 1 N–H and O–H groups in total. The molecule has 1 atom stereocenters. The fraction of sp³-hybridized carbons (Fsp3) is 0.588. The van der Waals surface area contributed by atoms with Crippen LogP contribution in [-0.4, -0.2) is 42.0 Å². The topological polar surface area (TPSA) is 28.2 Å². The largest absolute Gasteiger partial charge is 0.375 e. The molecule has 2 aromatic rings. The fourth-order valence-corrected chi connectivity index (χ4v) is 4.37. The SMILES string of the molecule is CN1CCC(Nc2ccnc3c(CC4CC4)csc23)C(F)(F)C1. The van der Waals surface area contributed by atoms with E-state index in [-0.39, 0.29) is 6.54 Å². The van der Waals surface area contributed by atoms with Crippen LogP contribution in [0.1, 0.15) is 24.8 Å². The van der Waals surface area contributed by atoms with Gasteiger partial charge in [0.15, 0.2) is 0 Å². The summed E-state index contributed by atoms with van der Waals surface area (Å²) in [4.78, 5) is 6.19. The van der Waals surface area contributed by atoms with Gasteiger partial charge in [0.2, 0.25) is 0 Å². The van der Waals surface area contributed by atoms with E-state index < -0.39 is 12.0 Å². The van der Waals surface area contributed by atoms with E-state index in [4.69, 9.17) is 0 Å². The van der Waals surface area contributed by atoms with Crippen molar-refractivity contribution in [3.8, 4) is 0 Å². The molecule has 0 spiro atoms. The summed E-state index contributed by atoms with van der Waals surface area (Å²) in [5.74, 6) is -1.92. The number of nitrogens with one attached hydrogen (secondary N) is 1. The molecule has 3 nitrogen and oxygen atoms in total. The molecule has 1 saturated carbocycles. The van der Waals surface area contributed by atoms with E-state index in [1.807, 2.05) is 6.07 Å². The number of hydrogen-bond acceptors (Lipinski definition) is 4. The summed E-state index contributed by atoms with van der Waals surface area (Å²) in [6, 6.07) is 1.02. The van der Waals surface area contributed by atoms with Gasteiger partial charge in [-0.3, -0.25) is 4.98 Å². The molecule has 3 heterocycles. The van der Waals surface area contributed by atoms with Crippen LogP contribution in [0.2, 0.25) is 0 Å². The second-order valence-electron chi connectivity index (χ2n) is 6.93. The maximum atomic E-state index is 14.3. The minimum Gasteiger partial charge on any atom is -0.375 e. The van der Waals surface area contributed by atoms with Crippen molar-refractivity contribution in [2.45, 2.75) is 37.6 Å². The first-order valence-corrected chi connectivity index (χ1v) is 9.09. The number of rotatable bonds is 4. The molecule has 124 valence electrons. The molecule has 1 aliphatic carbocycles. The van der Waals surface area contributed by atoms with E-state index >= 15 is 0 Å². The van der Waals surface area contributed by atoms with Gasteiger partial charge in [0.1, 0.15) is 0 Å². The smallest absolute Gasteiger partial charge is 0.280 e. The van der Waals surface area contributed by atoms with Crippen molar-refractivity contribution in [2.75, 3.05) is 25.5 Å². The summed E-state index contributed by atoms with van der Waals surface area (Å²) in [7, 11) is 1.75. The van der Waals surface area contributed by atoms with E-state index in [9.17, 15) is 8.78 Å². The number of fused-ring (bicyclic) bond motifs is 1. The van der Waals surface area contributed by atoms with Crippen molar-refractivity contribution < 1.29 is 8.78 Å². The quantitative estimate of drug-likeness (QED) is 0.914. The van der Waals surface area contributed by atoms with Crippen LogP contribution in [0.5, 0.6) is 0 Å². The molecular formula is C17H21F2N3S. The summed E-state index contributed by atoms with van der Waals surface area (Å²) in [6.45, 7) is 0.509. The van der Waals surface area contributed by atoms with Gasteiger partial charge in [-0.1, -0.05) is 0 Å². The third kappa shape index (κ3) is 3.06. The Morgan fingerprint density at radius 3 is 2.96 bits per heavy atom. The predicted molar refractivity (Wildman–Crippen MR) is 90.5 cm³/mol. The van der Waals surface area contributed by atoms with Crippen molar-refractivity contribution in [3.05, 3.63) is 23.2 Å². The van der Waals surface area contributed by atoms with Crippen LogP contribution in [0.25, 0.3) is 10.2 Å². The number of likely N-dealkylation sites (tertiary alicyclic amines) is 1. The monoisotopic (exact) mass is 337 g/mol. The normalized spacial score (nSPS) is 24.9. The van der Waals surface area contributed by atoms with Gasteiger partial charge in [-0.15, -0.1) is 11.3 Å². The number of pyridine rings is 1. The zero-order valence-electron chi connectivity index (χ0n) is 13.2. The van der Waals surface area contributed by atoms with E-state index in [1.54, 1.807) is 29.5 Å². The Balaban J connectivity index is 1.60. The highest BCUT2D eigenvalue weighted by Crippen LogP contribution is 2.39. The Morgan fingerprint density at radius 1 is 1.39 bits per heavy atom. The van der Waals surface area contributed by atoms with E-state index in [1.165, 1.54) is 18.4 Å². The van der Waals surface area contributed by atoms with Crippen LogP contribution >= 0.6 is 11.3 Å². The Hall–Kier alpha value is -1.27. The highest BCUT2D eigenvalue weighted by Gasteiger charge is 2.43. The average molecular weight is 337 g/mol. The van der Waals surface area contributed by atoms with Crippen molar-refractivity contribution in [2.24, 2.45) is 5.92 Å². The molecule has 4 rings (SSSR count). The standard InChI is InChI=1S/C17H21F2N3S/c1-22-7-5-14(17(18,19)10-22)21-13-4-6-20-15-12(8-11-2-3-11)9-23-16(13)15/h4,6,9,11,14H,2-3,5,7-8,10H2,1H3,(H,20,21). The van der Waals surface area contributed by atoms with Gasteiger partial charge in [0.05, 0.1) is 28.5 Å². The molecule has 23 heavy (non-hydrogen) atoms. The van der Waals surface area contributed by atoms with Crippen LogP contribution < -0.4 is 5.32 Å². The lowest BCUT2D eigenvalue weighted by atomic mass is 10.0. The molecule has 2 fully saturated rings. The number of anilines is 1. The van der Waals surface area contributed by atoms with Gasteiger partial charge in [0.25, 0.3) is 5.92 Å². The maximum absolute atomic E-state index is 14.3. The molecule has 6 heteroatoms. The average Bonchev–Trinajstić information content (AvgIpc) is 3.21. The minimum atomic E-state index is -2.71. The highest BCUT2D eigenvalue weighted by atomic mass is 32.1. The van der Waals surface area contributed by atoms with Crippen LogP contribution in [0.3, 0.4) is 0 Å². The van der Waals surface area contributed by atoms with Crippen LogP contribution in [0, 0.1) is 5.92 Å². The Labute approximate surface area is 138 Å². The van der Waals surface area contributed by atoms with Crippen molar-refractivity contribution in [1.82, 2.24) is 9.88 Å². The Morgan fingerprint density at radius 2 is 2.22 bits per heavy atom. The highest BCUT2D eigenvalue weighted by molar-refractivity contribution is 7.18. The summed E-state index contributed by atoms with van der Waals surface area (Å²) in [5, 5.41) is 5.26. The lowest BCUT2D eigenvalue weighted by Crippen LogP contribution is -2.53. The molecule has 1 aliphatic heterocycles. The third-order valence-corrected chi connectivity index (χ3v) is 5.90. The van der Waals surface area contributed by atoms with Gasteiger partial charge < -0.3 is 10.2 Å². The van der Waals surface area contributed by atoms with Crippen molar-refractivity contribution in [1.29, 1.82) is 0 Å². The van der Waals surface area contributed by atoms with Gasteiger partial charge in [0, 0.05) is 12.7 Å². The predicted octanol–water partition coefficient (Wildman–Crippen LogP) is 4.00. The zero-order valence-corrected chi connectivity index (χ0v) is 14.0. The van der Waals surface area contributed by atoms with Crippen molar-refractivity contribution in [3.63, 3.8) is 0 Å². The lowest BCUT2D eigenvalue weighted by Gasteiger charge is -2.37. The Bertz CT molecular complexity index is 711. The second kappa shape index (κ2) is 5.67. The molecule has 0 radical (unpaired) electrons. The molecule has 0 bridgehead atoms. The van der Waals surface area contributed by atoms with Crippen LogP contribution in [-0.2, 0) is 6.42 Å². The zero-order chi connectivity index (χ0) is 16.0. The number of piperidine rings is 1. The van der Waals surface area contributed by atoms with E-state index in [0.717, 1.165) is 28.2 Å². The molecule has 1 unspecified atom stereocenters.